The summed E-state index contributed by atoms with van der Waals surface area (Å²) >= 11 is 0. The van der Waals surface area contributed by atoms with E-state index in [1.54, 1.807) is 12.4 Å². The number of benzene rings is 2. The minimum absolute atomic E-state index is 0.0120. The first-order valence-electron chi connectivity index (χ1n) is 13.8. The molecule has 1 unspecified atom stereocenters. The average molecular weight is 541 g/mol. The molecule has 1 aliphatic heterocycles. The summed E-state index contributed by atoms with van der Waals surface area (Å²) in [6.07, 6.45) is 4.68. The van der Waals surface area contributed by atoms with Crippen molar-refractivity contribution >= 4 is 34.2 Å². The van der Waals surface area contributed by atoms with Gasteiger partial charge in [-0.2, -0.15) is 5.10 Å². The Labute approximate surface area is 234 Å². The first-order valence-corrected chi connectivity index (χ1v) is 13.8. The second kappa shape index (κ2) is 11.0. The normalized spacial score (nSPS) is 15.6. The highest BCUT2D eigenvalue weighted by atomic mass is 16.2. The maximum atomic E-state index is 13.3. The predicted molar refractivity (Wildman–Crippen MR) is 156 cm³/mol. The van der Waals surface area contributed by atoms with Crippen LogP contribution in [0.1, 0.15) is 58.7 Å². The fraction of sp³-hybridized carbons (Fsp3) is 0.355. The van der Waals surface area contributed by atoms with Crippen LogP contribution in [0.5, 0.6) is 0 Å². The molecule has 0 aliphatic carbocycles. The number of nitrogens with zero attached hydrogens (tertiary/aromatic N) is 5. The number of aryl methyl sites for hydroxylation is 1. The van der Waals surface area contributed by atoms with E-state index in [9.17, 15) is 14.4 Å². The highest BCUT2D eigenvalue weighted by Crippen LogP contribution is 2.26. The zero-order chi connectivity index (χ0) is 28.6. The fourth-order valence-corrected chi connectivity index (χ4v) is 5.64. The zero-order valence-electron chi connectivity index (χ0n) is 23.6. The number of carbonyl (C=O) groups excluding carboxylic acids is 3. The van der Waals surface area contributed by atoms with E-state index in [4.69, 9.17) is 5.73 Å². The van der Waals surface area contributed by atoms with Gasteiger partial charge in [-0.15, -0.1) is 0 Å². The molecule has 3 heterocycles. The van der Waals surface area contributed by atoms with Gasteiger partial charge in [-0.3, -0.25) is 14.4 Å². The molecule has 2 aromatic heterocycles. The summed E-state index contributed by atoms with van der Waals surface area (Å²) in [5, 5.41) is 5.23. The van der Waals surface area contributed by atoms with E-state index in [2.05, 4.69) is 29.1 Å². The molecule has 5 rings (SSSR count). The summed E-state index contributed by atoms with van der Waals surface area (Å²) < 4.78 is 3.63. The van der Waals surface area contributed by atoms with Crippen LogP contribution in [0.3, 0.4) is 0 Å². The minimum atomic E-state index is -0.497. The summed E-state index contributed by atoms with van der Waals surface area (Å²) in [6.45, 7) is 10.1. The molecule has 2 N–H and O–H groups in total. The molecular weight excluding hydrogens is 504 g/mol. The number of primary amides is 1. The summed E-state index contributed by atoms with van der Waals surface area (Å²) in [5.74, 6) is -0.362. The number of piperazine rings is 1. The van der Waals surface area contributed by atoms with Crippen LogP contribution >= 0.6 is 0 Å². The molecule has 1 saturated heterocycles. The van der Waals surface area contributed by atoms with Crippen LogP contribution in [0.2, 0.25) is 0 Å². The largest absolute Gasteiger partial charge is 0.366 e. The van der Waals surface area contributed by atoms with Gasteiger partial charge >= 0.3 is 0 Å². The molecule has 208 valence electrons. The number of hydrogen-bond donors (Lipinski definition) is 1. The molecule has 0 spiro atoms. The van der Waals surface area contributed by atoms with Crippen LogP contribution in [-0.2, 0) is 11.3 Å². The van der Waals surface area contributed by atoms with Crippen molar-refractivity contribution in [3.8, 4) is 5.69 Å². The lowest BCUT2D eigenvalue weighted by atomic mass is 10.1. The number of hydrogen-bond acceptors (Lipinski definition) is 5. The summed E-state index contributed by atoms with van der Waals surface area (Å²) in [5.41, 5.74) is 11.4. The SMILES string of the molecule is CCCC(=O)c1cnn(-c2ccc(N3CCN(C(=O)Cn4cc(C(N)=O)c5cc(C)ccc54)CC3C)cc2)c1C. The topological polar surface area (TPSA) is 106 Å². The lowest BCUT2D eigenvalue weighted by Gasteiger charge is -2.41. The summed E-state index contributed by atoms with van der Waals surface area (Å²) in [4.78, 5) is 41.9. The van der Waals surface area contributed by atoms with Gasteiger partial charge in [0.25, 0.3) is 5.91 Å². The maximum absolute atomic E-state index is 13.3. The van der Waals surface area contributed by atoms with E-state index >= 15 is 0 Å². The van der Waals surface area contributed by atoms with Gasteiger partial charge in [-0.1, -0.05) is 18.6 Å². The van der Waals surface area contributed by atoms with Crippen LogP contribution < -0.4 is 10.6 Å². The lowest BCUT2D eigenvalue weighted by molar-refractivity contribution is -0.132. The standard InChI is InChI=1S/C31H36N6O3/c1-5-6-29(38)26-16-33-37(22(26)4)24-10-8-23(9-11-24)36-14-13-34(17-21(36)3)30(39)19-35-18-27(31(32)40)25-15-20(2)7-12-28(25)35/h7-12,15-16,18,21H,5-6,13-14,17,19H2,1-4H3,(H2,32,40). The van der Waals surface area contributed by atoms with Gasteiger partial charge in [-0.25, -0.2) is 4.68 Å². The van der Waals surface area contributed by atoms with E-state index in [0.29, 0.717) is 37.2 Å². The fourth-order valence-electron chi connectivity index (χ4n) is 5.64. The Morgan fingerprint density at radius 3 is 2.40 bits per heavy atom. The molecule has 40 heavy (non-hydrogen) atoms. The molecule has 9 heteroatoms. The van der Waals surface area contributed by atoms with Gasteiger partial charge in [0.15, 0.2) is 5.78 Å². The number of fused-ring (bicyclic) bond motifs is 1. The Hall–Kier alpha value is -4.40. The highest BCUT2D eigenvalue weighted by molar-refractivity contribution is 6.06. The zero-order valence-corrected chi connectivity index (χ0v) is 23.6. The molecule has 0 saturated carbocycles. The number of Topliss-reactive ketones (excluding diaryl/α,β-unsaturated/α-hetero) is 1. The number of aromatic nitrogens is 3. The third kappa shape index (κ3) is 5.11. The van der Waals surface area contributed by atoms with Crippen molar-refractivity contribution < 1.29 is 14.4 Å². The van der Waals surface area contributed by atoms with Crippen LogP contribution in [0.4, 0.5) is 5.69 Å². The van der Waals surface area contributed by atoms with Crippen LogP contribution in [-0.4, -0.2) is 62.5 Å². The molecule has 0 bridgehead atoms. The maximum Gasteiger partial charge on any atom is 0.250 e. The van der Waals surface area contributed by atoms with Gasteiger partial charge in [-0.05, 0) is 63.6 Å². The van der Waals surface area contributed by atoms with E-state index in [1.807, 2.05) is 65.3 Å². The third-order valence-electron chi connectivity index (χ3n) is 7.80. The number of carbonyl (C=O) groups is 3. The first-order chi connectivity index (χ1) is 19.2. The number of ketones is 1. The highest BCUT2D eigenvalue weighted by Gasteiger charge is 2.28. The van der Waals surface area contributed by atoms with Crippen molar-refractivity contribution in [2.24, 2.45) is 5.73 Å². The Morgan fingerprint density at radius 1 is 1.00 bits per heavy atom. The number of amides is 2. The Kier molecular flexibility index (Phi) is 7.47. The van der Waals surface area contributed by atoms with Gasteiger partial charge in [0.2, 0.25) is 5.91 Å². The Morgan fingerprint density at radius 2 is 1.73 bits per heavy atom. The number of rotatable bonds is 8. The molecule has 2 aromatic carbocycles. The molecule has 4 aromatic rings. The summed E-state index contributed by atoms with van der Waals surface area (Å²) in [6, 6.07) is 14.1. The molecule has 1 fully saturated rings. The van der Waals surface area contributed by atoms with Crippen molar-refractivity contribution in [3.63, 3.8) is 0 Å². The van der Waals surface area contributed by atoms with Crippen molar-refractivity contribution in [2.45, 2.75) is 53.1 Å². The van der Waals surface area contributed by atoms with Gasteiger partial charge in [0.1, 0.15) is 6.54 Å². The monoisotopic (exact) mass is 540 g/mol. The van der Waals surface area contributed by atoms with Crippen LogP contribution in [0.25, 0.3) is 16.6 Å². The Bertz CT molecular complexity index is 1580. The molecular formula is C31H36N6O3. The van der Waals surface area contributed by atoms with Crippen molar-refractivity contribution in [3.05, 3.63) is 77.2 Å². The molecule has 9 nitrogen and oxygen atoms in total. The lowest BCUT2D eigenvalue weighted by Crippen LogP contribution is -2.54. The van der Waals surface area contributed by atoms with Crippen molar-refractivity contribution in [1.29, 1.82) is 0 Å². The van der Waals surface area contributed by atoms with Gasteiger partial charge in [0, 0.05) is 54.9 Å². The Balaban J connectivity index is 1.26. The van der Waals surface area contributed by atoms with E-state index in [-0.39, 0.29) is 24.3 Å². The number of nitrogens with two attached hydrogens (primary N) is 1. The van der Waals surface area contributed by atoms with Gasteiger partial charge in [0.05, 0.1) is 28.7 Å². The quantitative estimate of drug-likeness (QED) is 0.336. The van der Waals surface area contributed by atoms with Crippen LogP contribution in [0.15, 0.2) is 54.9 Å². The third-order valence-corrected chi connectivity index (χ3v) is 7.80. The second-order valence-electron chi connectivity index (χ2n) is 10.7. The van der Waals surface area contributed by atoms with E-state index in [0.717, 1.165) is 40.0 Å². The van der Waals surface area contributed by atoms with Crippen LogP contribution in [0, 0.1) is 13.8 Å². The van der Waals surface area contributed by atoms with Gasteiger partial charge < -0.3 is 20.1 Å². The average Bonchev–Trinajstić information content (AvgIpc) is 3.49. The molecule has 1 aliphatic rings. The van der Waals surface area contributed by atoms with Crippen molar-refractivity contribution in [1.82, 2.24) is 19.2 Å². The second-order valence-corrected chi connectivity index (χ2v) is 10.7. The molecule has 1 atom stereocenters. The van der Waals surface area contributed by atoms with Crippen molar-refractivity contribution in [2.75, 3.05) is 24.5 Å². The minimum Gasteiger partial charge on any atom is -0.366 e. The number of anilines is 1. The first kappa shape index (κ1) is 27.2. The predicted octanol–water partition coefficient (Wildman–Crippen LogP) is 4.26. The van der Waals surface area contributed by atoms with E-state index in [1.165, 1.54) is 0 Å². The smallest absolute Gasteiger partial charge is 0.250 e. The molecule has 0 radical (unpaired) electrons. The van der Waals surface area contributed by atoms with E-state index < -0.39 is 5.91 Å². The summed E-state index contributed by atoms with van der Waals surface area (Å²) in [7, 11) is 0. The molecule has 2 amide bonds.